The van der Waals surface area contributed by atoms with Crippen molar-refractivity contribution in [3.63, 3.8) is 0 Å². The molecule has 2 aliphatic rings. The van der Waals surface area contributed by atoms with Gasteiger partial charge in [-0.25, -0.2) is 13.8 Å². The number of nitrogens with zero attached hydrogens (tertiary/aromatic N) is 2. The lowest BCUT2D eigenvalue weighted by atomic mass is 10.2. The number of methoxy groups -OCH3 is 1. The first-order chi connectivity index (χ1) is 13.5. The highest BCUT2D eigenvalue weighted by molar-refractivity contribution is 6.11. The van der Waals surface area contributed by atoms with E-state index in [-0.39, 0.29) is 24.3 Å². The molecule has 1 saturated heterocycles. The van der Waals surface area contributed by atoms with Crippen molar-refractivity contribution in [3.05, 3.63) is 48.0 Å². The number of carbonyl (C=O) groups excluding carboxylic acids is 1. The van der Waals surface area contributed by atoms with Crippen LogP contribution >= 0.6 is 0 Å². The van der Waals surface area contributed by atoms with Crippen LogP contribution in [0.4, 0.5) is 25.8 Å². The monoisotopic (exact) mass is 386 g/mol. The lowest BCUT2D eigenvalue weighted by molar-refractivity contribution is -0.116. The maximum absolute atomic E-state index is 13.9. The Labute approximate surface area is 161 Å². The average molecular weight is 386 g/mol. The van der Waals surface area contributed by atoms with E-state index in [1.54, 1.807) is 25.3 Å². The summed E-state index contributed by atoms with van der Waals surface area (Å²) in [6.07, 6.45) is 0. The van der Waals surface area contributed by atoms with Crippen LogP contribution in [0.3, 0.4) is 0 Å². The molecule has 0 radical (unpaired) electrons. The summed E-state index contributed by atoms with van der Waals surface area (Å²) in [5.74, 6) is -0.518. The molecule has 2 aromatic carbocycles. The van der Waals surface area contributed by atoms with Gasteiger partial charge in [-0.15, -0.1) is 0 Å². The van der Waals surface area contributed by atoms with E-state index in [2.05, 4.69) is 10.3 Å². The predicted molar refractivity (Wildman–Crippen MR) is 104 cm³/mol. The summed E-state index contributed by atoms with van der Waals surface area (Å²) in [4.78, 5) is 18.2. The van der Waals surface area contributed by atoms with E-state index in [9.17, 15) is 13.6 Å². The number of aliphatic imine (C=N–C) groups is 1. The SMILES string of the molecule is COc1ccc(N)c(NCC(=O)N=C2C3CN(c4ccc(F)cc4F)CC23)c1. The van der Waals surface area contributed by atoms with E-state index in [0.717, 1.165) is 11.8 Å². The maximum Gasteiger partial charge on any atom is 0.264 e. The van der Waals surface area contributed by atoms with Gasteiger partial charge in [0.1, 0.15) is 17.4 Å². The van der Waals surface area contributed by atoms with Gasteiger partial charge in [0.05, 0.1) is 30.7 Å². The molecule has 2 aromatic rings. The number of benzene rings is 2. The average Bonchev–Trinajstić information content (AvgIpc) is 3.10. The molecule has 1 aliphatic carbocycles. The topological polar surface area (TPSA) is 79.9 Å². The second kappa shape index (κ2) is 7.10. The number of rotatable bonds is 5. The smallest absolute Gasteiger partial charge is 0.264 e. The predicted octanol–water partition coefficient (Wildman–Crippen LogP) is 2.70. The van der Waals surface area contributed by atoms with Gasteiger partial charge >= 0.3 is 0 Å². The summed E-state index contributed by atoms with van der Waals surface area (Å²) in [7, 11) is 1.55. The Hall–Kier alpha value is -3.16. The minimum absolute atomic E-state index is 0.0244. The van der Waals surface area contributed by atoms with Crippen molar-refractivity contribution >= 4 is 28.7 Å². The van der Waals surface area contributed by atoms with Crippen molar-refractivity contribution in [2.45, 2.75) is 0 Å². The minimum atomic E-state index is -0.595. The number of ether oxygens (including phenoxy) is 1. The van der Waals surface area contributed by atoms with Crippen molar-refractivity contribution in [1.82, 2.24) is 0 Å². The van der Waals surface area contributed by atoms with Crippen molar-refractivity contribution in [1.29, 1.82) is 0 Å². The number of amides is 1. The fourth-order valence-electron chi connectivity index (χ4n) is 3.62. The molecule has 2 atom stereocenters. The number of fused-ring (bicyclic) bond motifs is 1. The third-order valence-corrected chi connectivity index (χ3v) is 5.17. The Bertz CT molecular complexity index is 949. The zero-order chi connectivity index (χ0) is 19.8. The number of halogens is 2. The molecule has 1 saturated carbocycles. The first-order valence-electron chi connectivity index (χ1n) is 8.95. The van der Waals surface area contributed by atoms with Crippen LogP contribution in [0.2, 0.25) is 0 Å². The lowest BCUT2D eigenvalue weighted by Gasteiger charge is -2.20. The molecule has 1 heterocycles. The van der Waals surface area contributed by atoms with Gasteiger partial charge in [-0.1, -0.05) is 0 Å². The third-order valence-electron chi connectivity index (χ3n) is 5.17. The van der Waals surface area contributed by atoms with Gasteiger partial charge in [-0.05, 0) is 24.3 Å². The minimum Gasteiger partial charge on any atom is -0.497 e. The van der Waals surface area contributed by atoms with Crippen LogP contribution in [0, 0.1) is 23.5 Å². The standard InChI is InChI=1S/C20H20F2N4O2/c1-28-12-3-4-16(23)17(7-12)24-8-19(27)25-20-13-9-26(10-14(13)20)18-5-2-11(21)6-15(18)22/h2-7,13-14,24H,8-10,23H2,1H3. The number of nitrogens with two attached hydrogens (primary N) is 1. The second-order valence-electron chi connectivity index (χ2n) is 6.95. The van der Waals surface area contributed by atoms with Crippen LogP contribution in [0.1, 0.15) is 0 Å². The first-order valence-corrected chi connectivity index (χ1v) is 8.95. The summed E-state index contributed by atoms with van der Waals surface area (Å²) in [6.45, 7) is 1.18. The van der Waals surface area contributed by atoms with Crippen LogP contribution in [0.25, 0.3) is 0 Å². The Kier molecular flexibility index (Phi) is 4.62. The molecule has 6 nitrogen and oxygen atoms in total. The quantitative estimate of drug-likeness (QED) is 0.773. The van der Waals surface area contributed by atoms with Crippen LogP contribution in [0.15, 0.2) is 41.4 Å². The molecule has 2 unspecified atom stereocenters. The van der Waals surface area contributed by atoms with Gasteiger partial charge in [0.25, 0.3) is 5.91 Å². The van der Waals surface area contributed by atoms with E-state index in [4.69, 9.17) is 10.5 Å². The third kappa shape index (κ3) is 3.49. The molecule has 146 valence electrons. The number of hydrogen-bond donors (Lipinski definition) is 2. The zero-order valence-corrected chi connectivity index (χ0v) is 15.3. The molecule has 0 bridgehead atoms. The van der Waals surface area contributed by atoms with Gasteiger partial charge < -0.3 is 20.7 Å². The van der Waals surface area contributed by atoms with Gasteiger partial charge in [-0.3, -0.25) is 4.79 Å². The molecular weight excluding hydrogens is 366 g/mol. The normalized spacial score (nSPS) is 20.0. The molecular formula is C20H20F2N4O2. The fraction of sp³-hybridized carbons (Fsp3) is 0.300. The van der Waals surface area contributed by atoms with Gasteiger partial charge in [0.15, 0.2) is 0 Å². The van der Waals surface area contributed by atoms with E-state index in [1.165, 1.54) is 12.1 Å². The Morgan fingerprint density at radius 2 is 2.00 bits per heavy atom. The van der Waals surface area contributed by atoms with E-state index < -0.39 is 11.6 Å². The van der Waals surface area contributed by atoms with E-state index in [1.807, 2.05) is 4.90 Å². The highest BCUT2D eigenvalue weighted by atomic mass is 19.1. The number of anilines is 3. The number of nitrogen functional groups attached to an aromatic ring is 1. The molecule has 1 aliphatic heterocycles. The molecule has 1 amide bonds. The first kappa shape index (κ1) is 18.2. The Balaban J connectivity index is 1.33. The maximum atomic E-state index is 13.9. The number of carbonyl (C=O) groups is 1. The number of nitrogens with one attached hydrogen (secondary N) is 1. The largest absolute Gasteiger partial charge is 0.497 e. The van der Waals surface area contributed by atoms with Gasteiger partial charge in [-0.2, -0.15) is 0 Å². The van der Waals surface area contributed by atoms with E-state index >= 15 is 0 Å². The molecule has 2 fully saturated rings. The zero-order valence-electron chi connectivity index (χ0n) is 15.3. The second-order valence-corrected chi connectivity index (χ2v) is 6.95. The molecule has 3 N–H and O–H groups in total. The van der Waals surface area contributed by atoms with Crippen molar-refractivity contribution in [2.24, 2.45) is 16.8 Å². The van der Waals surface area contributed by atoms with Gasteiger partial charge in [0.2, 0.25) is 0 Å². The molecule has 8 heteroatoms. The number of piperidine rings is 1. The Morgan fingerprint density at radius 1 is 1.25 bits per heavy atom. The fourth-order valence-corrected chi connectivity index (χ4v) is 3.62. The van der Waals surface area contributed by atoms with Crippen LogP contribution in [0.5, 0.6) is 5.75 Å². The summed E-state index contributed by atoms with van der Waals surface area (Å²) in [5.41, 5.74) is 8.25. The van der Waals surface area contributed by atoms with Crippen LogP contribution < -0.4 is 20.7 Å². The van der Waals surface area contributed by atoms with Crippen molar-refractivity contribution < 1.29 is 18.3 Å². The van der Waals surface area contributed by atoms with Crippen LogP contribution in [-0.4, -0.2) is 38.4 Å². The molecule has 28 heavy (non-hydrogen) atoms. The number of hydrogen-bond acceptors (Lipinski definition) is 5. The Morgan fingerprint density at radius 3 is 2.68 bits per heavy atom. The van der Waals surface area contributed by atoms with Crippen molar-refractivity contribution in [2.75, 3.05) is 42.7 Å². The van der Waals surface area contributed by atoms with E-state index in [0.29, 0.717) is 35.9 Å². The molecule has 4 rings (SSSR count). The van der Waals surface area contributed by atoms with Crippen molar-refractivity contribution in [3.8, 4) is 5.75 Å². The summed E-state index contributed by atoms with van der Waals surface area (Å²) in [6, 6.07) is 8.73. The highest BCUT2D eigenvalue weighted by Crippen LogP contribution is 2.44. The molecule has 0 aromatic heterocycles. The van der Waals surface area contributed by atoms with Gasteiger partial charge in [0, 0.05) is 42.8 Å². The highest BCUT2D eigenvalue weighted by Gasteiger charge is 2.53. The lowest BCUT2D eigenvalue weighted by Crippen LogP contribution is -2.25. The summed E-state index contributed by atoms with van der Waals surface area (Å²) < 4.78 is 32.1. The summed E-state index contributed by atoms with van der Waals surface area (Å²) in [5, 5.41) is 2.98. The molecule has 0 spiro atoms. The summed E-state index contributed by atoms with van der Waals surface area (Å²) >= 11 is 0. The van der Waals surface area contributed by atoms with Crippen LogP contribution in [-0.2, 0) is 4.79 Å².